The van der Waals surface area contributed by atoms with E-state index in [1.165, 1.54) is 4.88 Å². The summed E-state index contributed by atoms with van der Waals surface area (Å²) in [7, 11) is 0. The van der Waals surface area contributed by atoms with Gasteiger partial charge in [-0.3, -0.25) is 5.32 Å². The van der Waals surface area contributed by atoms with E-state index in [1.807, 2.05) is 35.7 Å². The number of nitrogens with zero attached hydrogens (tertiary/aromatic N) is 1. The van der Waals surface area contributed by atoms with Gasteiger partial charge in [0.05, 0.1) is 11.0 Å². The average Bonchev–Trinajstić information content (AvgIpc) is 3.05. The van der Waals surface area contributed by atoms with Crippen LogP contribution in [0.15, 0.2) is 35.7 Å². The second-order valence-corrected chi connectivity index (χ2v) is 5.61. The third-order valence-corrected chi connectivity index (χ3v) is 3.92. The van der Waals surface area contributed by atoms with Crippen LogP contribution >= 0.6 is 11.3 Å². The summed E-state index contributed by atoms with van der Waals surface area (Å²) < 4.78 is 5.24. The molecular weight excluding hydrogens is 286 g/mol. The highest BCUT2D eigenvalue weighted by atomic mass is 32.1. The number of benzene rings is 1. The van der Waals surface area contributed by atoms with Crippen molar-refractivity contribution in [1.29, 1.82) is 0 Å². The minimum atomic E-state index is -0.546. The van der Waals surface area contributed by atoms with Crippen molar-refractivity contribution in [2.45, 2.75) is 19.8 Å². The average molecular weight is 301 g/mol. The quantitative estimate of drug-likeness (QED) is 0.759. The number of H-pyrrole nitrogens is 1. The van der Waals surface area contributed by atoms with Gasteiger partial charge in [-0.25, -0.2) is 9.78 Å². The van der Waals surface area contributed by atoms with Gasteiger partial charge < -0.3 is 9.72 Å². The fraction of sp³-hybridized carbons (Fsp3) is 0.200. The summed E-state index contributed by atoms with van der Waals surface area (Å²) in [5, 5.41) is 4.43. The molecule has 0 bridgehead atoms. The van der Waals surface area contributed by atoms with Crippen molar-refractivity contribution < 1.29 is 9.53 Å². The zero-order valence-electron chi connectivity index (χ0n) is 11.6. The van der Waals surface area contributed by atoms with E-state index < -0.39 is 6.09 Å². The Morgan fingerprint density at radius 1 is 1.43 bits per heavy atom. The number of carbonyl (C=O) groups is 1. The van der Waals surface area contributed by atoms with Crippen LogP contribution < -0.4 is 10.1 Å². The Hall–Kier alpha value is -2.34. The zero-order chi connectivity index (χ0) is 14.7. The van der Waals surface area contributed by atoms with E-state index in [0.717, 1.165) is 23.9 Å². The molecule has 0 unspecified atom stereocenters. The summed E-state index contributed by atoms with van der Waals surface area (Å²) >= 11 is 1.60. The first-order valence-electron chi connectivity index (χ1n) is 6.75. The van der Waals surface area contributed by atoms with Crippen LogP contribution in [0.3, 0.4) is 0 Å². The van der Waals surface area contributed by atoms with E-state index in [1.54, 1.807) is 11.3 Å². The van der Waals surface area contributed by atoms with Gasteiger partial charge in [0.2, 0.25) is 5.95 Å². The molecule has 21 heavy (non-hydrogen) atoms. The van der Waals surface area contributed by atoms with E-state index in [9.17, 15) is 4.79 Å². The summed E-state index contributed by atoms with van der Waals surface area (Å²) in [6.07, 6.45) is 1.53. The summed E-state index contributed by atoms with van der Waals surface area (Å²) in [6, 6.07) is 9.47. The van der Waals surface area contributed by atoms with Crippen molar-refractivity contribution in [2.24, 2.45) is 0 Å². The van der Waals surface area contributed by atoms with Crippen LogP contribution in [0.25, 0.3) is 11.0 Å². The number of amides is 1. The predicted octanol–water partition coefficient (Wildman–Crippen LogP) is 4.19. The van der Waals surface area contributed by atoms with Gasteiger partial charge in [0.25, 0.3) is 0 Å². The molecule has 0 aliphatic rings. The van der Waals surface area contributed by atoms with Crippen LogP contribution in [-0.2, 0) is 6.42 Å². The Morgan fingerprint density at radius 3 is 3.10 bits per heavy atom. The maximum absolute atomic E-state index is 11.8. The van der Waals surface area contributed by atoms with Crippen LogP contribution in [0.5, 0.6) is 5.75 Å². The van der Waals surface area contributed by atoms with Gasteiger partial charge in [0.15, 0.2) is 0 Å². The lowest BCUT2D eigenvalue weighted by Crippen LogP contribution is -2.17. The molecule has 3 aromatic rings. The smallest absolute Gasteiger partial charge is 0.409 e. The topological polar surface area (TPSA) is 67.0 Å². The van der Waals surface area contributed by atoms with Crippen LogP contribution in [0.1, 0.15) is 18.2 Å². The van der Waals surface area contributed by atoms with Gasteiger partial charge in [-0.15, -0.1) is 11.3 Å². The molecule has 0 radical (unpaired) electrons. The molecular formula is C15H15N3O2S. The van der Waals surface area contributed by atoms with Crippen molar-refractivity contribution in [2.75, 3.05) is 5.32 Å². The SMILES string of the molecule is CCCc1cc(OC(=O)Nc2nc3ccccc3[nH]2)cs1. The predicted molar refractivity (Wildman–Crippen MR) is 84.1 cm³/mol. The fourth-order valence-corrected chi connectivity index (χ4v) is 2.92. The van der Waals surface area contributed by atoms with Crippen molar-refractivity contribution in [3.05, 3.63) is 40.6 Å². The number of nitrogens with one attached hydrogen (secondary N) is 2. The first-order chi connectivity index (χ1) is 10.2. The molecule has 0 aliphatic heterocycles. The largest absolute Gasteiger partial charge is 0.419 e. The summed E-state index contributed by atoms with van der Waals surface area (Å²) in [4.78, 5) is 20.3. The number of aromatic nitrogens is 2. The van der Waals surface area contributed by atoms with Gasteiger partial charge in [-0.1, -0.05) is 25.5 Å². The second kappa shape index (κ2) is 5.97. The Bertz CT molecular complexity index is 730. The molecule has 3 rings (SSSR count). The Kier molecular flexibility index (Phi) is 3.87. The Labute approximate surface area is 126 Å². The molecule has 2 N–H and O–H groups in total. The number of thiophene rings is 1. The van der Waals surface area contributed by atoms with Crippen molar-refractivity contribution in [1.82, 2.24) is 9.97 Å². The molecule has 0 saturated carbocycles. The molecule has 0 saturated heterocycles. The molecule has 108 valence electrons. The van der Waals surface area contributed by atoms with Gasteiger partial charge >= 0.3 is 6.09 Å². The fourth-order valence-electron chi connectivity index (χ4n) is 2.03. The molecule has 0 fully saturated rings. The molecule has 1 amide bonds. The maximum atomic E-state index is 11.8. The summed E-state index contributed by atoms with van der Waals surface area (Å²) in [5.41, 5.74) is 1.67. The molecule has 0 aliphatic carbocycles. The first-order valence-corrected chi connectivity index (χ1v) is 7.63. The molecule has 2 aromatic heterocycles. The number of ether oxygens (including phenoxy) is 1. The molecule has 1 aromatic carbocycles. The lowest BCUT2D eigenvalue weighted by Gasteiger charge is -2.01. The van der Waals surface area contributed by atoms with Gasteiger partial charge in [0.1, 0.15) is 5.75 Å². The lowest BCUT2D eigenvalue weighted by atomic mass is 10.3. The molecule has 0 atom stereocenters. The third-order valence-electron chi connectivity index (χ3n) is 2.95. The molecule has 6 heteroatoms. The first kappa shape index (κ1) is 13.6. The van der Waals surface area contributed by atoms with Crippen LogP contribution in [-0.4, -0.2) is 16.1 Å². The van der Waals surface area contributed by atoms with Crippen LogP contribution in [0.4, 0.5) is 10.7 Å². The van der Waals surface area contributed by atoms with Crippen molar-refractivity contribution in [3.63, 3.8) is 0 Å². The highest BCUT2D eigenvalue weighted by Crippen LogP contribution is 2.23. The number of aromatic amines is 1. The minimum absolute atomic E-state index is 0.380. The van der Waals surface area contributed by atoms with Crippen molar-refractivity contribution >= 4 is 34.4 Å². The van der Waals surface area contributed by atoms with E-state index in [2.05, 4.69) is 22.2 Å². The molecule has 0 spiro atoms. The Morgan fingerprint density at radius 2 is 2.29 bits per heavy atom. The minimum Gasteiger partial charge on any atom is -0.409 e. The second-order valence-electron chi connectivity index (χ2n) is 4.62. The summed E-state index contributed by atoms with van der Waals surface area (Å²) in [5.74, 6) is 0.947. The number of carbonyl (C=O) groups excluding carboxylic acids is 1. The van der Waals surface area contributed by atoms with E-state index >= 15 is 0 Å². The highest BCUT2D eigenvalue weighted by Gasteiger charge is 2.10. The lowest BCUT2D eigenvalue weighted by molar-refractivity contribution is 0.215. The van der Waals surface area contributed by atoms with Crippen molar-refractivity contribution in [3.8, 4) is 5.75 Å². The van der Waals surface area contributed by atoms with Crippen LogP contribution in [0, 0.1) is 0 Å². The molecule has 2 heterocycles. The highest BCUT2D eigenvalue weighted by molar-refractivity contribution is 7.10. The van der Waals surface area contributed by atoms with E-state index in [-0.39, 0.29) is 0 Å². The third kappa shape index (κ3) is 3.22. The number of fused-ring (bicyclic) bond motifs is 1. The van der Waals surface area contributed by atoms with Gasteiger partial charge in [-0.05, 0) is 24.6 Å². The number of para-hydroxylation sites is 2. The number of imidazole rings is 1. The number of rotatable bonds is 4. The number of hydrogen-bond donors (Lipinski definition) is 2. The normalized spacial score (nSPS) is 10.7. The standard InChI is InChI=1S/C15H15N3O2S/c1-2-5-11-8-10(9-21-11)20-15(19)18-14-16-12-6-3-4-7-13(12)17-14/h3-4,6-9H,2,5H2,1H3,(H2,16,17,18,19). The zero-order valence-corrected chi connectivity index (χ0v) is 12.4. The number of hydrogen-bond acceptors (Lipinski definition) is 4. The van der Waals surface area contributed by atoms with Gasteiger partial charge in [-0.2, -0.15) is 0 Å². The molecule has 5 nitrogen and oxygen atoms in total. The van der Waals surface area contributed by atoms with E-state index in [4.69, 9.17) is 4.74 Å². The Balaban J connectivity index is 1.65. The number of anilines is 1. The number of aryl methyl sites for hydroxylation is 1. The summed E-state index contributed by atoms with van der Waals surface area (Å²) in [6.45, 7) is 2.12. The maximum Gasteiger partial charge on any atom is 0.419 e. The van der Waals surface area contributed by atoms with Gasteiger partial charge in [0, 0.05) is 10.3 Å². The van der Waals surface area contributed by atoms with Crippen LogP contribution in [0.2, 0.25) is 0 Å². The van der Waals surface area contributed by atoms with E-state index in [0.29, 0.717) is 11.7 Å². The monoisotopic (exact) mass is 301 g/mol.